The number of anilines is 1. The van der Waals surface area contributed by atoms with Crippen molar-refractivity contribution in [3.63, 3.8) is 0 Å². The van der Waals surface area contributed by atoms with Crippen LogP contribution in [0.25, 0.3) is 0 Å². The third-order valence-electron chi connectivity index (χ3n) is 2.62. The number of aryl methyl sites for hydroxylation is 1. The van der Waals surface area contributed by atoms with Crippen molar-refractivity contribution < 1.29 is 8.42 Å². The molecule has 2 N–H and O–H groups in total. The molecule has 1 atom stereocenters. The molecule has 0 aliphatic carbocycles. The molecule has 0 aromatic carbocycles. The molecule has 1 fully saturated rings. The average molecular weight is 230 g/mol. The summed E-state index contributed by atoms with van der Waals surface area (Å²) in [6, 6.07) is 0. The van der Waals surface area contributed by atoms with Crippen LogP contribution in [0.1, 0.15) is 12.8 Å². The Morgan fingerprint density at radius 3 is 2.93 bits per heavy atom. The van der Waals surface area contributed by atoms with Crippen molar-refractivity contribution in [2.75, 3.05) is 17.2 Å². The monoisotopic (exact) mass is 230 g/mol. The summed E-state index contributed by atoms with van der Waals surface area (Å²) in [5, 5.41) is 7.89. The molecule has 1 saturated heterocycles. The zero-order valence-electron chi connectivity index (χ0n) is 8.33. The third kappa shape index (κ3) is 2.68. The molecule has 0 amide bonds. The fourth-order valence-corrected chi connectivity index (χ4v) is 3.73. The van der Waals surface area contributed by atoms with Gasteiger partial charge in [-0.3, -0.25) is 0 Å². The summed E-state index contributed by atoms with van der Waals surface area (Å²) in [6.45, 7) is 0.636. The Morgan fingerprint density at radius 1 is 1.60 bits per heavy atom. The SMILES string of the molecule is Nc1cnn(CCC2CCS(=O)(=O)C2)n1. The fourth-order valence-electron chi connectivity index (χ4n) is 1.82. The highest BCUT2D eigenvalue weighted by atomic mass is 32.2. The van der Waals surface area contributed by atoms with Crippen molar-refractivity contribution in [2.45, 2.75) is 19.4 Å². The van der Waals surface area contributed by atoms with Crippen molar-refractivity contribution in [1.29, 1.82) is 0 Å². The van der Waals surface area contributed by atoms with Crippen LogP contribution in [0.15, 0.2) is 6.20 Å². The molecular formula is C8H14N4O2S. The summed E-state index contributed by atoms with van der Waals surface area (Å²) in [7, 11) is -2.77. The van der Waals surface area contributed by atoms with E-state index in [1.807, 2.05) is 0 Å². The predicted molar refractivity (Wildman–Crippen MR) is 55.8 cm³/mol. The Morgan fingerprint density at radius 2 is 2.40 bits per heavy atom. The lowest BCUT2D eigenvalue weighted by Crippen LogP contribution is -2.10. The van der Waals surface area contributed by atoms with Gasteiger partial charge >= 0.3 is 0 Å². The van der Waals surface area contributed by atoms with Crippen LogP contribution in [0.4, 0.5) is 5.82 Å². The van der Waals surface area contributed by atoms with Gasteiger partial charge in [0.1, 0.15) is 0 Å². The molecule has 1 unspecified atom stereocenters. The highest BCUT2D eigenvalue weighted by Gasteiger charge is 2.27. The lowest BCUT2D eigenvalue weighted by atomic mass is 10.1. The van der Waals surface area contributed by atoms with E-state index >= 15 is 0 Å². The highest BCUT2D eigenvalue weighted by molar-refractivity contribution is 7.91. The van der Waals surface area contributed by atoms with Crippen LogP contribution in [0.5, 0.6) is 0 Å². The van der Waals surface area contributed by atoms with Crippen LogP contribution in [0.3, 0.4) is 0 Å². The number of nitrogen functional groups attached to an aromatic ring is 1. The van der Waals surface area contributed by atoms with Gasteiger partial charge in [-0.2, -0.15) is 9.90 Å². The smallest absolute Gasteiger partial charge is 0.165 e. The van der Waals surface area contributed by atoms with Gasteiger partial charge < -0.3 is 5.73 Å². The van der Waals surface area contributed by atoms with E-state index < -0.39 is 9.84 Å². The van der Waals surface area contributed by atoms with Crippen LogP contribution >= 0.6 is 0 Å². The maximum absolute atomic E-state index is 11.2. The molecule has 1 aromatic rings. The summed E-state index contributed by atoms with van der Waals surface area (Å²) in [4.78, 5) is 1.51. The van der Waals surface area contributed by atoms with E-state index in [0.29, 0.717) is 23.9 Å². The molecular weight excluding hydrogens is 216 g/mol. The molecule has 7 heteroatoms. The molecule has 2 rings (SSSR count). The van der Waals surface area contributed by atoms with Gasteiger partial charge in [0.25, 0.3) is 0 Å². The van der Waals surface area contributed by atoms with E-state index in [9.17, 15) is 8.42 Å². The predicted octanol–water partition coefficient (Wildman–Crippen LogP) is -0.315. The second-order valence-corrected chi connectivity index (χ2v) is 6.15. The molecule has 6 nitrogen and oxygen atoms in total. The first kappa shape index (κ1) is 10.4. The Kier molecular flexibility index (Phi) is 2.64. The van der Waals surface area contributed by atoms with E-state index in [0.717, 1.165) is 12.8 Å². The number of sulfone groups is 1. The Bertz CT molecular complexity index is 439. The van der Waals surface area contributed by atoms with Crippen LogP contribution < -0.4 is 5.73 Å². The second kappa shape index (κ2) is 3.80. The van der Waals surface area contributed by atoms with Crippen molar-refractivity contribution in [2.24, 2.45) is 5.92 Å². The van der Waals surface area contributed by atoms with Crippen molar-refractivity contribution in [3.8, 4) is 0 Å². The Labute approximate surface area is 88.4 Å². The summed E-state index contributed by atoms with van der Waals surface area (Å²) < 4.78 is 22.4. The molecule has 0 spiro atoms. The van der Waals surface area contributed by atoms with Crippen molar-refractivity contribution in [3.05, 3.63) is 6.20 Å². The van der Waals surface area contributed by atoms with Gasteiger partial charge in [0.05, 0.1) is 24.2 Å². The van der Waals surface area contributed by atoms with Crippen LogP contribution in [-0.4, -0.2) is 34.9 Å². The molecule has 1 aliphatic rings. The molecule has 15 heavy (non-hydrogen) atoms. The number of rotatable bonds is 3. The van der Waals surface area contributed by atoms with Crippen LogP contribution in [-0.2, 0) is 16.4 Å². The van der Waals surface area contributed by atoms with Gasteiger partial charge in [0.15, 0.2) is 15.7 Å². The number of nitrogens with zero attached hydrogens (tertiary/aromatic N) is 3. The zero-order valence-corrected chi connectivity index (χ0v) is 9.15. The minimum absolute atomic E-state index is 0.252. The van der Waals surface area contributed by atoms with Gasteiger partial charge in [-0.05, 0) is 18.8 Å². The van der Waals surface area contributed by atoms with Gasteiger partial charge in [0.2, 0.25) is 0 Å². The molecule has 84 valence electrons. The topological polar surface area (TPSA) is 90.9 Å². The fraction of sp³-hybridized carbons (Fsp3) is 0.750. The van der Waals surface area contributed by atoms with Crippen molar-refractivity contribution in [1.82, 2.24) is 15.0 Å². The summed E-state index contributed by atoms with van der Waals surface area (Å²) in [5.41, 5.74) is 5.42. The highest BCUT2D eigenvalue weighted by Crippen LogP contribution is 2.21. The van der Waals surface area contributed by atoms with Crippen molar-refractivity contribution >= 4 is 15.7 Å². The minimum Gasteiger partial charge on any atom is -0.381 e. The molecule has 2 heterocycles. The Hall–Kier alpha value is -1.11. The largest absolute Gasteiger partial charge is 0.381 e. The summed E-state index contributed by atoms with van der Waals surface area (Å²) in [6.07, 6.45) is 3.05. The van der Waals surface area contributed by atoms with E-state index in [2.05, 4.69) is 10.2 Å². The van der Waals surface area contributed by atoms with E-state index in [4.69, 9.17) is 5.73 Å². The van der Waals surface area contributed by atoms with Gasteiger partial charge in [-0.1, -0.05) is 0 Å². The standard InChI is InChI=1S/C8H14N4O2S/c9-8-5-10-12(11-8)3-1-7-2-4-15(13,14)6-7/h5,7H,1-4,6H2,(H2,9,11). The normalized spacial score (nSPS) is 24.4. The van der Waals surface area contributed by atoms with Gasteiger partial charge in [-0.25, -0.2) is 8.42 Å². The van der Waals surface area contributed by atoms with E-state index in [1.165, 1.54) is 11.0 Å². The lowest BCUT2D eigenvalue weighted by molar-refractivity contribution is 0.434. The first-order valence-corrected chi connectivity index (χ1v) is 6.73. The van der Waals surface area contributed by atoms with Crippen LogP contribution in [0, 0.1) is 5.92 Å². The third-order valence-corrected chi connectivity index (χ3v) is 4.46. The molecule has 0 bridgehead atoms. The molecule has 1 aliphatic heterocycles. The first-order chi connectivity index (χ1) is 7.05. The van der Waals surface area contributed by atoms with E-state index in [1.54, 1.807) is 0 Å². The summed E-state index contributed by atoms with van der Waals surface area (Å²) in [5.74, 6) is 1.28. The summed E-state index contributed by atoms with van der Waals surface area (Å²) >= 11 is 0. The number of aromatic nitrogens is 3. The number of hydrogen-bond acceptors (Lipinski definition) is 5. The lowest BCUT2D eigenvalue weighted by Gasteiger charge is -2.05. The van der Waals surface area contributed by atoms with E-state index in [-0.39, 0.29) is 5.92 Å². The maximum Gasteiger partial charge on any atom is 0.165 e. The van der Waals surface area contributed by atoms with Crippen LogP contribution in [0.2, 0.25) is 0 Å². The van der Waals surface area contributed by atoms with Gasteiger partial charge in [0, 0.05) is 0 Å². The number of nitrogens with two attached hydrogens (primary N) is 1. The molecule has 1 aromatic heterocycles. The number of hydrogen-bond donors (Lipinski definition) is 1. The first-order valence-electron chi connectivity index (χ1n) is 4.91. The molecule has 0 saturated carbocycles. The Balaban J connectivity index is 1.85. The molecule has 0 radical (unpaired) electrons. The zero-order chi connectivity index (χ0) is 10.9. The maximum atomic E-state index is 11.2. The minimum atomic E-state index is -2.77. The second-order valence-electron chi connectivity index (χ2n) is 3.92. The van der Waals surface area contributed by atoms with Gasteiger partial charge in [-0.15, -0.1) is 5.10 Å². The average Bonchev–Trinajstić information content (AvgIpc) is 2.69. The quantitative estimate of drug-likeness (QED) is 0.768.